The Balaban J connectivity index is 1.83. The second-order valence-electron chi connectivity index (χ2n) is 5.38. The molecule has 0 aliphatic heterocycles. The third-order valence-corrected chi connectivity index (χ3v) is 3.64. The van der Waals surface area contributed by atoms with Gasteiger partial charge in [0, 0.05) is 23.1 Å². The van der Waals surface area contributed by atoms with E-state index in [1.165, 1.54) is 24.3 Å². The smallest absolute Gasteiger partial charge is 0.341 e. The Morgan fingerprint density at radius 3 is 2.56 bits per heavy atom. The molecular weight excluding hydrogens is 375 g/mol. The van der Waals surface area contributed by atoms with Crippen molar-refractivity contribution in [3.63, 3.8) is 0 Å². The van der Waals surface area contributed by atoms with Gasteiger partial charge in [-0.2, -0.15) is 4.98 Å². The summed E-state index contributed by atoms with van der Waals surface area (Å²) in [6, 6.07) is 11.8. The Labute approximate surface area is 157 Å². The lowest BCUT2D eigenvalue weighted by Crippen LogP contribution is -2.12. The van der Waals surface area contributed by atoms with Gasteiger partial charge >= 0.3 is 5.97 Å². The van der Waals surface area contributed by atoms with E-state index in [2.05, 4.69) is 20.6 Å². The predicted molar refractivity (Wildman–Crippen MR) is 98.1 cm³/mol. The van der Waals surface area contributed by atoms with Gasteiger partial charge < -0.3 is 15.7 Å². The van der Waals surface area contributed by atoms with Gasteiger partial charge in [-0.25, -0.2) is 14.2 Å². The van der Waals surface area contributed by atoms with E-state index in [0.717, 1.165) is 6.20 Å². The van der Waals surface area contributed by atoms with Gasteiger partial charge in [0.25, 0.3) is 5.91 Å². The molecular formula is C18H12ClFN4O3. The summed E-state index contributed by atoms with van der Waals surface area (Å²) in [5.41, 5.74) is 0.837. The molecule has 2 aromatic carbocycles. The number of nitrogens with one attached hydrogen (secondary N) is 2. The van der Waals surface area contributed by atoms with Crippen LogP contribution in [-0.2, 0) is 0 Å². The van der Waals surface area contributed by atoms with Crippen LogP contribution in [0.3, 0.4) is 0 Å². The zero-order chi connectivity index (χ0) is 19.4. The summed E-state index contributed by atoms with van der Waals surface area (Å²) in [6.45, 7) is 0. The van der Waals surface area contributed by atoms with E-state index in [0.29, 0.717) is 11.4 Å². The molecule has 0 bridgehead atoms. The highest BCUT2D eigenvalue weighted by atomic mass is 35.5. The van der Waals surface area contributed by atoms with Crippen molar-refractivity contribution in [2.75, 3.05) is 10.6 Å². The van der Waals surface area contributed by atoms with Crippen LogP contribution in [0.2, 0.25) is 5.28 Å². The van der Waals surface area contributed by atoms with E-state index in [4.69, 9.17) is 11.6 Å². The highest BCUT2D eigenvalue weighted by Gasteiger charge is 2.14. The monoisotopic (exact) mass is 386 g/mol. The second kappa shape index (κ2) is 7.79. The fourth-order valence-corrected chi connectivity index (χ4v) is 2.39. The maximum absolute atomic E-state index is 13.2. The number of halogens is 2. The van der Waals surface area contributed by atoms with Crippen molar-refractivity contribution in [3.8, 4) is 0 Å². The van der Waals surface area contributed by atoms with Gasteiger partial charge in [0.15, 0.2) is 0 Å². The molecule has 0 spiro atoms. The molecule has 0 radical (unpaired) electrons. The Bertz CT molecular complexity index is 1030. The van der Waals surface area contributed by atoms with Crippen LogP contribution in [0.4, 0.5) is 21.6 Å². The van der Waals surface area contributed by atoms with Crippen LogP contribution in [0.15, 0.2) is 54.7 Å². The van der Waals surface area contributed by atoms with Crippen molar-refractivity contribution in [3.05, 3.63) is 77.0 Å². The zero-order valence-electron chi connectivity index (χ0n) is 13.6. The summed E-state index contributed by atoms with van der Waals surface area (Å²) in [7, 11) is 0. The molecule has 0 atom stereocenters. The minimum absolute atomic E-state index is 0.00908. The molecule has 0 saturated carbocycles. The molecule has 0 aliphatic rings. The molecule has 1 heterocycles. The quantitative estimate of drug-likeness (QED) is 0.573. The Hall–Kier alpha value is -3.52. The molecule has 9 heteroatoms. The number of nitrogens with zero attached hydrogens (tertiary/aromatic N) is 2. The lowest BCUT2D eigenvalue weighted by molar-refractivity contribution is 0.0697. The molecule has 7 nitrogen and oxygen atoms in total. The molecule has 0 fully saturated rings. The molecule has 136 valence electrons. The number of benzene rings is 2. The first-order valence-corrected chi connectivity index (χ1v) is 8.00. The van der Waals surface area contributed by atoms with Gasteiger partial charge in [0.2, 0.25) is 5.28 Å². The summed E-state index contributed by atoms with van der Waals surface area (Å²) in [5, 5.41) is 14.5. The molecule has 1 amide bonds. The molecule has 0 aliphatic carbocycles. The Kier molecular flexibility index (Phi) is 5.28. The summed E-state index contributed by atoms with van der Waals surface area (Å²) >= 11 is 5.72. The van der Waals surface area contributed by atoms with E-state index in [9.17, 15) is 19.1 Å². The van der Waals surface area contributed by atoms with Crippen LogP contribution in [0, 0.1) is 5.82 Å². The highest BCUT2D eigenvalue weighted by molar-refractivity contribution is 6.28. The molecule has 3 rings (SSSR count). The largest absolute Gasteiger partial charge is 0.477 e. The van der Waals surface area contributed by atoms with Gasteiger partial charge in [-0.05, 0) is 48.0 Å². The number of hydrogen-bond donors (Lipinski definition) is 3. The maximum atomic E-state index is 13.2. The Morgan fingerprint density at radius 2 is 1.81 bits per heavy atom. The van der Waals surface area contributed by atoms with Crippen LogP contribution in [-0.4, -0.2) is 27.0 Å². The minimum Gasteiger partial charge on any atom is -0.477 e. The Morgan fingerprint density at radius 1 is 1.07 bits per heavy atom. The van der Waals surface area contributed by atoms with Gasteiger partial charge in [0.05, 0.1) is 0 Å². The predicted octanol–water partition coefficient (Wildman–Crippen LogP) is 3.96. The summed E-state index contributed by atoms with van der Waals surface area (Å²) < 4.78 is 13.2. The third kappa shape index (κ3) is 4.56. The van der Waals surface area contributed by atoms with Crippen molar-refractivity contribution in [2.45, 2.75) is 0 Å². The van der Waals surface area contributed by atoms with Gasteiger partial charge in [-0.15, -0.1) is 0 Å². The van der Waals surface area contributed by atoms with Gasteiger partial charge in [0.1, 0.15) is 17.2 Å². The number of carbonyl (C=O) groups excluding carboxylic acids is 1. The number of carboxylic acids is 1. The fourth-order valence-electron chi connectivity index (χ4n) is 2.26. The number of aromatic nitrogens is 2. The number of carboxylic acid groups (broad SMARTS) is 1. The number of carbonyl (C=O) groups is 2. The number of amides is 1. The number of hydrogen-bond acceptors (Lipinski definition) is 5. The van der Waals surface area contributed by atoms with E-state index in [1.807, 2.05) is 0 Å². The molecule has 3 N–H and O–H groups in total. The van der Waals surface area contributed by atoms with E-state index in [-0.39, 0.29) is 22.2 Å². The van der Waals surface area contributed by atoms with Crippen molar-refractivity contribution < 1.29 is 19.1 Å². The normalized spacial score (nSPS) is 10.3. The van der Waals surface area contributed by atoms with Crippen molar-refractivity contribution in [2.24, 2.45) is 0 Å². The zero-order valence-corrected chi connectivity index (χ0v) is 14.4. The summed E-state index contributed by atoms with van der Waals surface area (Å²) in [5.74, 6) is -2.16. The first-order chi connectivity index (χ1) is 12.9. The van der Waals surface area contributed by atoms with Gasteiger partial charge in [-0.1, -0.05) is 12.1 Å². The number of aromatic carboxylic acids is 1. The summed E-state index contributed by atoms with van der Waals surface area (Å²) in [4.78, 5) is 31.1. The molecule has 27 heavy (non-hydrogen) atoms. The second-order valence-corrected chi connectivity index (χ2v) is 5.71. The van der Waals surface area contributed by atoms with E-state index >= 15 is 0 Å². The number of anilines is 3. The third-order valence-electron chi connectivity index (χ3n) is 3.46. The maximum Gasteiger partial charge on any atom is 0.341 e. The molecule has 1 aromatic heterocycles. The fraction of sp³-hybridized carbons (Fsp3) is 0. The van der Waals surface area contributed by atoms with Crippen LogP contribution >= 0.6 is 11.6 Å². The first-order valence-electron chi connectivity index (χ1n) is 7.62. The molecule has 3 aromatic rings. The molecule has 0 saturated heterocycles. The van der Waals surface area contributed by atoms with E-state index < -0.39 is 17.7 Å². The molecule has 0 unspecified atom stereocenters. The average Bonchev–Trinajstić information content (AvgIpc) is 2.62. The minimum atomic E-state index is -1.23. The van der Waals surface area contributed by atoms with E-state index in [1.54, 1.807) is 24.3 Å². The summed E-state index contributed by atoms with van der Waals surface area (Å²) in [6.07, 6.45) is 1.08. The van der Waals surface area contributed by atoms with Crippen LogP contribution in [0.1, 0.15) is 20.7 Å². The van der Waals surface area contributed by atoms with Crippen molar-refractivity contribution in [1.29, 1.82) is 0 Å². The van der Waals surface area contributed by atoms with Crippen molar-refractivity contribution in [1.82, 2.24) is 9.97 Å². The van der Waals surface area contributed by atoms with Crippen LogP contribution in [0.5, 0.6) is 0 Å². The van der Waals surface area contributed by atoms with Crippen LogP contribution < -0.4 is 10.6 Å². The van der Waals surface area contributed by atoms with Crippen molar-refractivity contribution >= 4 is 40.7 Å². The highest BCUT2D eigenvalue weighted by Crippen LogP contribution is 2.21. The SMILES string of the molecule is O=C(Nc1cccc(F)c1)c1cccc(Nc2nc(Cl)ncc2C(=O)O)c1. The lowest BCUT2D eigenvalue weighted by atomic mass is 10.1. The average molecular weight is 387 g/mol. The first kappa shape index (κ1) is 18.3. The number of rotatable bonds is 5. The topological polar surface area (TPSA) is 104 Å². The van der Waals surface area contributed by atoms with Gasteiger partial charge in [-0.3, -0.25) is 4.79 Å². The lowest BCUT2D eigenvalue weighted by Gasteiger charge is -2.10. The van der Waals surface area contributed by atoms with Crippen LogP contribution in [0.25, 0.3) is 0 Å². The standard InChI is InChI=1S/C18H12ClFN4O3/c19-18-21-9-14(17(26)27)15(24-18)22-12-5-1-3-10(7-12)16(25)23-13-6-2-4-11(20)8-13/h1-9H,(H,23,25)(H,26,27)(H,21,22,24).